The first-order valence-corrected chi connectivity index (χ1v) is 11.8. The quantitative estimate of drug-likeness (QED) is 0.135. The number of carbonyl (C=O) groups is 2. The Kier molecular flexibility index (Phi) is 7.96. The third-order valence-electron chi connectivity index (χ3n) is 5.84. The average molecular weight is 524 g/mol. The molecule has 3 N–H and O–H groups in total. The lowest BCUT2D eigenvalue weighted by Crippen LogP contribution is -2.32. The highest BCUT2D eigenvalue weighted by Gasteiger charge is 2.15. The van der Waals surface area contributed by atoms with Gasteiger partial charge in [-0.15, -0.1) is 0 Å². The van der Waals surface area contributed by atoms with Crippen LogP contribution in [0.1, 0.15) is 21.5 Å². The van der Waals surface area contributed by atoms with Crippen LogP contribution in [-0.2, 0) is 4.79 Å². The van der Waals surface area contributed by atoms with Gasteiger partial charge < -0.3 is 15.3 Å². The van der Waals surface area contributed by atoms with Crippen molar-refractivity contribution in [3.63, 3.8) is 0 Å². The van der Waals surface area contributed by atoms with Crippen molar-refractivity contribution in [1.82, 2.24) is 10.7 Å². The summed E-state index contributed by atoms with van der Waals surface area (Å²) in [6.45, 7) is 0. The first-order valence-electron chi connectivity index (χ1n) is 11.8. The van der Waals surface area contributed by atoms with Gasteiger partial charge in [0.2, 0.25) is 0 Å². The number of hydrogen-bond donors (Lipinski definition) is 3. The average Bonchev–Trinajstić information content (AvgIpc) is 2.94. The van der Waals surface area contributed by atoms with E-state index in [1.54, 1.807) is 36.4 Å². The first-order chi connectivity index (χ1) is 18.7. The number of nitro groups is 1. The zero-order chi connectivity index (χ0) is 27.9. The van der Waals surface area contributed by atoms with Crippen LogP contribution in [0.25, 0.3) is 16.8 Å². The van der Waals surface area contributed by atoms with Gasteiger partial charge in [0.1, 0.15) is 11.4 Å². The predicted molar refractivity (Wildman–Crippen MR) is 151 cm³/mol. The maximum Gasteiger partial charge on any atom is 0.287 e. The summed E-state index contributed by atoms with van der Waals surface area (Å²) in [7, 11) is 3.83. The number of aromatic hydroxyl groups is 1. The van der Waals surface area contributed by atoms with E-state index < -0.39 is 16.7 Å². The minimum atomic E-state index is -0.692. The third-order valence-corrected chi connectivity index (χ3v) is 5.84. The van der Waals surface area contributed by atoms with Crippen molar-refractivity contribution in [1.29, 1.82) is 0 Å². The number of nitrogens with one attached hydrogen (secondary N) is 2. The summed E-state index contributed by atoms with van der Waals surface area (Å²) in [4.78, 5) is 38.4. The molecule has 2 amide bonds. The van der Waals surface area contributed by atoms with E-state index in [0.717, 1.165) is 5.69 Å². The van der Waals surface area contributed by atoms with Crippen molar-refractivity contribution >= 4 is 46.3 Å². The molecule has 196 valence electrons. The van der Waals surface area contributed by atoms with Gasteiger partial charge in [0, 0.05) is 43.0 Å². The second kappa shape index (κ2) is 11.7. The van der Waals surface area contributed by atoms with Crippen molar-refractivity contribution in [2.24, 2.45) is 5.10 Å². The van der Waals surface area contributed by atoms with E-state index >= 15 is 0 Å². The van der Waals surface area contributed by atoms with Crippen LogP contribution in [-0.4, -0.2) is 42.2 Å². The van der Waals surface area contributed by atoms with Crippen molar-refractivity contribution in [3.8, 4) is 5.75 Å². The molecule has 4 aromatic rings. The maximum absolute atomic E-state index is 13.1. The van der Waals surface area contributed by atoms with Gasteiger partial charge in [0.05, 0.1) is 11.1 Å². The number of hydrogen-bond acceptors (Lipinski definition) is 7. The van der Waals surface area contributed by atoms with Crippen LogP contribution < -0.4 is 15.6 Å². The molecule has 0 aromatic heterocycles. The summed E-state index contributed by atoms with van der Waals surface area (Å²) < 4.78 is 0. The lowest BCUT2D eigenvalue weighted by Gasteiger charge is -2.13. The van der Waals surface area contributed by atoms with Crippen LogP contribution in [0.2, 0.25) is 0 Å². The zero-order valence-electron chi connectivity index (χ0n) is 21.2. The second-order valence-electron chi connectivity index (χ2n) is 8.72. The van der Waals surface area contributed by atoms with E-state index in [1.165, 1.54) is 36.6 Å². The standard InChI is InChI=1S/C29H25N5O5/c1-33(2)22-11-8-19(9-12-22)16-26(31-28(36)20-6-4-3-5-7-20)29(37)32-30-18-25-24-14-13-23(34(38)39)17-21(24)10-15-27(25)35/h3-18,35H,1-2H3,(H,31,36)(H,32,37). The van der Waals surface area contributed by atoms with Crippen LogP contribution in [0.15, 0.2) is 95.7 Å². The number of fused-ring (bicyclic) bond motifs is 1. The van der Waals surface area contributed by atoms with E-state index in [9.17, 15) is 24.8 Å². The van der Waals surface area contributed by atoms with Crippen LogP contribution in [0.3, 0.4) is 0 Å². The Balaban J connectivity index is 1.60. The van der Waals surface area contributed by atoms with Gasteiger partial charge in [0.15, 0.2) is 0 Å². The van der Waals surface area contributed by atoms with E-state index in [0.29, 0.717) is 21.9 Å². The number of carbonyl (C=O) groups excluding carboxylic acids is 2. The molecule has 0 aliphatic rings. The topological polar surface area (TPSA) is 137 Å². The molecule has 0 saturated heterocycles. The highest BCUT2D eigenvalue weighted by Crippen LogP contribution is 2.28. The number of anilines is 1. The highest BCUT2D eigenvalue weighted by atomic mass is 16.6. The fourth-order valence-electron chi connectivity index (χ4n) is 3.77. The van der Waals surface area contributed by atoms with E-state index in [4.69, 9.17) is 0 Å². The van der Waals surface area contributed by atoms with Crippen LogP contribution in [0.5, 0.6) is 5.75 Å². The minimum Gasteiger partial charge on any atom is -0.507 e. The Morgan fingerprint density at radius 1 is 0.974 bits per heavy atom. The van der Waals surface area contributed by atoms with Crippen LogP contribution >= 0.6 is 0 Å². The molecule has 0 spiro atoms. The normalized spacial score (nSPS) is 11.4. The summed E-state index contributed by atoms with van der Waals surface area (Å²) in [5.41, 5.74) is 4.53. The molecule has 39 heavy (non-hydrogen) atoms. The number of benzene rings is 4. The number of nitro benzene ring substituents is 1. The molecule has 4 aromatic carbocycles. The summed E-state index contributed by atoms with van der Waals surface area (Å²) in [6, 6.07) is 23.0. The van der Waals surface area contributed by atoms with Gasteiger partial charge in [0.25, 0.3) is 17.5 Å². The summed E-state index contributed by atoms with van der Waals surface area (Å²) in [6.07, 6.45) is 2.77. The smallest absolute Gasteiger partial charge is 0.287 e. The molecule has 0 atom stereocenters. The second-order valence-corrected chi connectivity index (χ2v) is 8.72. The Morgan fingerprint density at radius 2 is 1.69 bits per heavy atom. The Bertz CT molecular complexity index is 1600. The zero-order valence-corrected chi connectivity index (χ0v) is 21.2. The number of non-ortho nitro benzene ring substituents is 1. The monoisotopic (exact) mass is 523 g/mol. The Labute approximate surface area is 224 Å². The van der Waals surface area contributed by atoms with Gasteiger partial charge in [-0.25, -0.2) is 5.43 Å². The SMILES string of the molecule is CN(C)c1ccc(C=C(NC(=O)c2ccccc2)C(=O)NN=Cc2c(O)ccc3cc([N+](=O)[O-])ccc23)cc1. The molecule has 0 radical (unpaired) electrons. The molecule has 4 rings (SSSR count). The van der Waals surface area contributed by atoms with Crippen LogP contribution in [0, 0.1) is 10.1 Å². The van der Waals surface area contributed by atoms with E-state index in [-0.39, 0.29) is 22.7 Å². The molecular formula is C29H25N5O5. The van der Waals surface area contributed by atoms with Crippen molar-refractivity contribution in [2.75, 3.05) is 19.0 Å². The molecule has 10 heteroatoms. The van der Waals surface area contributed by atoms with Gasteiger partial charge in [-0.05, 0) is 58.8 Å². The van der Waals surface area contributed by atoms with Gasteiger partial charge in [-0.2, -0.15) is 5.10 Å². The lowest BCUT2D eigenvalue weighted by atomic mass is 10.0. The van der Waals surface area contributed by atoms with Crippen molar-refractivity contribution < 1.29 is 19.6 Å². The van der Waals surface area contributed by atoms with Gasteiger partial charge in [-0.1, -0.05) is 36.4 Å². The Hall–Kier alpha value is -5.51. The first kappa shape index (κ1) is 26.6. The molecular weight excluding hydrogens is 498 g/mol. The van der Waals surface area contributed by atoms with E-state index in [2.05, 4.69) is 15.8 Å². The van der Waals surface area contributed by atoms with E-state index in [1.807, 2.05) is 43.3 Å². The largest absolute Gasteiger partial charge is 0.507 e. The summed E-state index contributed by atoms with van der Waals surface area (Å²) >= 11 is 0. The number of amides is 2. The molecule has 0 bridgehead atoms. The number of phenolic OH excluding ortho intramolecular Hbond substituents is 1. The molecule has 0 fully saturated rings. The van der Waals surface area contributed by atoms with Crippen molar-refractivity contribution in [3.05, 3.63) is 117 Å². The molecule has 0 aliphatic carbocycles. The number of rotatable bonds is 8. The summed E-state index contributed by atoms with van der Waals surface area (Å²) in [5, 5.41) is 29.1. The van der Waals surface area contributed by atoms with Crippen LogP contribution in [0.4, 0.5) is 11.4 Å². The lowest BCUT2D eigenvalue weighted by molar-refractivity contribution is -0.384. The molecule has 10 nitrogen and oxygen atoms in total. The maximum atomic E-state index is 13.1. The minimum absolute atomic E-state index is 0.0450. The highest BCUT2D eigenvalue weighted by molar-refractivity contribution is 6.06. The number of phenols is 1. The molecule has 0 heterocycles. The number of hydrazone groups is 1. The van der Waals surface area contributed by atoms with Crippen molar-refractivity contribution in [2.45, 2.75) is 0 Å². The molecule has 0 unspecified atom stereocenters. The Morgan fingerprint density at radius 3 is 2.36 bits per heavy atom. The molecule has 0 saturated carbocycles. The predicted octanol–water partition coefficient (Wildman–Crippen LogP) is 4.44. The number of nitrogens with zero attached hydrogens (tertiary/aromatic N) is 3. The molecule has 0 aliphatic heterocycles. The fourth-order valence-corrected chi connectivity index (χ4v) is 3.77. The van der Waals surface area contributed by atoms with Gasteiger partial charge in [-0.3, -0.25) is 19.7 Å². The van der Waals surface area contributed by atoms with Gasteiger partial charge >= 0.3 is 0 Å². The third kappa shape index (κ3) is 6.44. The summed E-state index contributed by atoms with van der Waals surface area (Å²) in [5.74, 6) is -1.29. The fraction of sp³-hybridized carbons (Fsp3) is 0.0690.